The van der Waals surface area contributed by atoms with E-state index in [1.165, 1.54) is 10.5 Å². The second kappa shape index (κ2) is 6.87. The lowest BCUT2D eigenvalue weighted by atomic mass is 10.2. The molecular weight excluding hydrogens is 328 g/mol. The lowest BCUT2D eigenvalue weighted by Gasteiger charge is -2.27. The van der Waals surface area contributed by atoms with Gasteiger partial charge in [-0.3, -0.25) is 0 Å². The third-order valence-electron chi connectivity index (χ3n) is 3.28. The first kappa shape index (κ1) is 16.4. The fraction of sp³-hybridized carbons (Fsp3) is 0.357. The number of sulfonamides is 1. The van der Waals surface area contributed by atoms with Gasteiger partial charge in [-0.15, -0.1) is 0 Å². The van der Waals surface area contributed by atoms with Crippen molar-refractivity contribution in [2.75, 3.05) is 0 Å². The molecule has 1 atom stereocenters. The van der Waals surface area contributed by atoms with Crippen LogP contribution in [0.2, 0.25) is 4.47 Å². The number of rotatable bonds is 6. The predicted molar refractivity (Wildman–Crippen MR) is 86.0 cm³/mol. The number of benzene rings is 1. The van der Waals surface area contributed by atoms with Crippen molar-refractivity contribution in [3.63, 3.8) is 0 Å². The molecule has 0 radical (unpaired) electrons. The van der Waals surface area contributed by atoms with Crippen LogP contribution in [0.3, 0.4) is 0 Å². The van der Waals surface area contributed by atoms with Gasteiger partial charge in [-0.1, -0.05) is 60.2 Å². The molecule has 0 N–H and O–H groups in total. The van der Waals surface area contributed by atoms with Crippen LogP contribution in [-0.4, -0.2) is 23.7 Å². The van der Waals surface area contributed by atoms with E-state index in [2.05, 4.69) is 4.98 Å². The number of halogens is 1. The van der Waals surface area contributed by atoms with Crippen molar-refractivity contribution < 1.29 is 8.42 Å². The molecule has 0 fully saturated rings. The third-order valence-corrected chi connectivity index (χ3v) is 6.79. The van der Waals surface area contributed by atoms with Gasteiger partial charge in [-0.25, -0.2) is 13.4 Å². The topological polar surface area (TPSA) is 50.3 Å². The summed E-state index contributed by atoms with van der Waals surface area (Å²) in [5.41, 5.74) is 0.956. The van der Waals surface area contributed by atoms with Gasteiger partial charge in [0.1, 0.15) is 0 Å². The molecule has 0 saturated heterocycles. The van der Waals surface area contributed by atoms with Gasteiger partial charge in [0.2, 0.25) is 0 Å². The lowest BCUT2D eigenvalue weighted by Crippen LogP contribution is -2.37. The highest BCUT2D eigenvalue weighted by Crippen LogP contribution is 2.28. The van der Waals surface area contributed by atoms with Gasteiger partial charge in [-0.2, -0.15) is 4.31 Å². The summed E-state index contributed by atoms with van der Waals surface area (Å²) >= 11 is 6.76. The Morgan fingerprint density at radius 1 is 1.33 bits per heavy atom. The minimum atomic E-state index is -3.58. The van der Waals surface area contributed by atoms with E-state index in [9.17, 15) is 8.42 Å². The molecule has 0 spiro atoms. The van der Waals surface area contributed by atoms with Gasteiger partial charge in [0.15, 0.2) is 8.68 Å². The van der Waals surface area contributed by atoms with Crippen LogP contribution in [0.1, 0.15) is 25.8 Å². The monoisotopic (exact) mass is 344 g/mol. The summed E-state index contributed by atoms with van der Waals surface area (Å²) in [7, 11) is -3.58. The highest BCUT2D eigenvalue weighted by atomic mass is 35.5. The Bertz CT molecular complexity index is 686. The minimum Gasteiger partial charge on any atom is -0.232 e. The molecule has 114 valence electrons. The summed E-state index contributed by atoms with van der Waals surface area (Å²) in [6.07, 6.45) is 2.06. The van der Waals surface area contributed by atoms with Gasteiger partial charge < -0.3 is 0 Å². The van der Waals surface area contributed by atoms with Crippen molar-refractivity contribution in [3.8, 4) is 0 Å². The number of aromatic nitrogens is 1. The molecule has 2 rings (SSSR count). The average Bonchev–Trinajstić information content (AvgIpc) is 2.92. The molecule has 1 unspecified atom stereocenters. The van der Waals surface area contributed by atoms with Gasteiger partial charge in [-0.05, 0) is 18.9 Å². The van der Waals surface area contributed by atoms with Crippen molar-refractivity contribution in [1.29, 1.82) is 0 Å². The molecule has 1 aromatic carbocycles. The van der Waals surface area contributed by atoms with Gasteiger partial charge in [0, 0.05) is 12.6 Å². The fourth-order valence-electron chi connectivity index (χ4n) is 1.92. The molecular formula is C14H17ClN2O2S2. The van der Waals surface area contributed by atoms with Crippen molar-refractivity contribution in [3.05, 3.63) is 46.6 Å². The van der Waals surface area contributed by atoms with Crippen LogP contribution in [0.5, 0.6) is 0 Å². The van der Waals surface area contributed by atoms with Gasteiger partial charge in [0.25, 0.3) is 10.0 Å². The van der Waals surface area contributed by atoms with E-state index in [-0.39, 0.29) is 14.7 Å². The summed E-state index contributed by atoms with van der Waals surface area (Å²) < 4.78 is 27.5. The summed E-state index contributed by atoms with van der Waals surface area (Å²) in [6.45, 7) is 4.22. The Balaban J connectivity index is 2.36. The largest absolute Gasteiger partial charge is 0.254 e. The van der Waals surface area contributed by atoms with E-state index in [4.69, 9.17) is 11.6 Å². The number of nitrogens with zero attached hydrogens (tertiary/aromatic N) is 2. The standard InChI is InChI=1S/C14H17ClN2O2S2/c1-3-11(2)17(10-12-7-5-4-6-8-12)21(18,19)13-9-16-14(15)20-13/h4-9,11H,3,10H2,1-2H3. The molecule has 1 aromatic heterocycles. The molecule has 0 saturated carbocycles. The van der Waals surface area contributed by atoms with Crippen molar-refractivity contribution in [1.82, 2.24) is 9.29 Å². The number of hydrogen-bond donors (Lipinski definition) is 0. The molecule has 2 aromatic rings. The molecule has 21 heavy (non-hydrogen) atoms. The smallest absolute Gasteiger partial charge is 0.232 e. The van der Waals surface area contributed by atoms with E-state index in [0.717, 1.165) is 23.3 Å². The first-order valence-corrected chi connectivity index (χ1v) is 9.25. The molecule has 0 aliphatic carbocycles. The molecule has 7 heteroatoms. The molecule has 0 amide bonds. The van der Waals surface area contributed by atoms with E-state index < -0.39 is 10.0 Å². The maximum atomic E-state index is 12.8. The van der Waals surface area contributed by atoms with Crippen molar-refractivity contribution >= 4 is 33.0 Å². The predicted octanol–water partition coefficient (Wildman–Crippen LogP) is 3.79. The SMILES string of the molecule is CCC(C)N(Cc1ccccc1)S(=O)(=O)c1cnc(Cl)s1. The van der Waals surface area contributed by atoms with Crippen LogP contribution >= 0.6 is 22.9 Å². The first-order valence-electron chi connectivity index (χ1n) is 6.62. The summed E-state index contributed by atoms with van der Waals surface area (Å²) in [6, 6.07) is 9.46. The maximum Gasteiger partial charge on any atom is 0.254 e. The maximum absolute atomic E-state index is 12.8. The molecule has 1 heterocycles. The lowest BCUT2D eigenvalue weighted by molar-refractivity contribution is 0.323. The Kier molecular flexibility index (Phi) is 5.37. The van der Waals surface area contributed by atoms with Crippen molar-refractivity contribution in [2.45, 2.75) is 37.1 Å². The average molecular weight is 345 g/mol. The second-order valence-corrected chi connectivity index (χ2v) is 8.46. The van der Waals surface area contributed by atoms with Crippen molar-refractivity contribution in [2.24, 2.45) is 0 Å². The van der Waals surface area contributed by atoms with Crippen LogP contribution in [-0.2, 0) is 16.6 Å². The number of thiazole rings is 1. The van der Waals surface area contributed by atoms with Crippen LogP contribution in [0, 0.1) is 0 Å². The molecule has 0 aliphatic heterocycles. The van der Waals surface area contributed by atoms with E-state index in [1.807, 2.05) is 44.2 Å². The van der Waals surface area contributed by atoms with Crippen LogP contribution < -0.4 is 0 Å². The quantitative estimate of drug-likeness (QED) is 0.801. The minimum absolute atomic E-state index is 0.101. The highest BCUT2D eigenvalue weighted by Gasteiger charge is 2.30. The van der Waals surface area contributed by atoms with E-state index in [0.29, 0.717) is 6.54 Å². The van der Waals surface area contributed by atoms with Gasteiger partial charge in [0.05, 0.1) is 6.20 Å². The molecule has 0 aliphatic rings. The second-order valence-electron chi connectivity index (χ2n) is 4.73. The Labute approximate surface area is 134 Å². The van der Waals surface area contributed by atoms with E-state index >= 15 is 0 Å². The van der Waals surface area contributed by atoms with Gasteiger partial charge >= 0.3 is 0 Å². The number of hydrogen-bond acceptors (Lipinski definition) is 4. The Hall–Kier alpha value is -0.950. The summed E-state index contributed by atoms with van der Waals surface area (Å²) in [5.74, 6) is 0. The van der Waals surface area contributed by atoms with Crippen LogP contribution in [0.25, 0.3) is 0 Å². The third kappa shape index (κ3) is 3.83. The summed E-state index contributed by atoms with van der Waals surface area (Å²) in [4.78, 5) is 3.84. The van der Waals surface area contributed by atoms with E-state index in [1.54, 1.807) is 0 Å². The van der Waals surface area contributed by atoms with Crippen LogP contribution in [0.15, 0.2) is 40.7 Å². The zero-order valence-electron chi connectivity index (χ0n) is 11.9. The first-order chi connectivity index (χ1) is 9.95. The highest BCUT2D eigenvalue weighted by molar-refractivity contribution is 7.91. The normalized spacial score (nSPS) is 13.5. The summed E-state index contributed by atoms with van der Waals surface area (Å²) in [5, 5.41) is 0. The Morgan fingerprint density at radius 3 is 2.52 bits per heavy atom. The van der Waals surface area contributed by atoms with Crippen LogP contribution in [0.4, 0.5) is 0 Å². The zero-order chi connectivity index (χ0) is 15.5. The Morgan fingerprint density at radius 2 is 2.00 bits per heavy atom. The molecule has 0 bridgehead atoms. The fourth-order valence-corrected chi connectivity index (χ4v) is 5.04. The zero-order valence-corrected chi connectivity index (χ0v) is 14.2. The molecule has 4 nitrogen and oxygen atoms in total.